The fraction of sp³-hybridized carbons (Fsp3) is 0.500. The summed E-state index contributed by atoms with van der Waals surface area (Å²) in [5, 5.41) is 0.0511. The van der Waals surface area contributed by atoms with E-state index in [9.17, 15) is 18.0 Å². The summed E-state index contributed by atoms with van der Waals surface area (Å²) in [6.07, 6.45) is 4.50. The van der Waals surface area contributed by atoms with Crippen LogP contribution in [0.15, 0.2) is 29.2 Å². The average molecular weight is 495 g/mol. The molecule has 2 heterocycles. The van der Waals surface area contributed by atoms with Gasteiger partial charge in [0.2, 0.25) is 15.8 Å². The highest BCUT2D eigenvalue weighted by molar-refractivity contribution is 7.89. The maximum Gasteiger partial charge on any atom is 0.338 e. The molecule has 1 saturated heterocycles. The van der Waals surface area contributed by atoms with Crippen LogP contribution in [-0.4, -0.2) is 48.7 Å². The number of halogens is 1. The van der Waals surface area contributed by atoms with Crippen LogP contribution >= 0.6 is 11.6 Å². The third-order valence-electron chi connectivity index (χ3n) is 6.01. The van der Waals surface area contributed by atoms with E-state index in [0.717, 1.165) is 50.0 Å². The van der Waals surface area contributed by atoms with E-state index >= 15 is 0 Å². The molecule has 33 heavy (non-hydrogen) atoms. The van der Waals surface area contributed by atoms with Crippen molar-refractivity contribution in [2.24, 2.45) is 0 Å². The summed E-state index contributed by atoms with van der Waals surface area (Å²) in [7, 11) is -3.84. The lowest BCUT2D eigenvalue weighted by Gasteiger charge is -2.21. The van der Waals surface area contributed by atoms with Gasteiger partial charge in [0.15, 0.2) is 6.61 Å². The van der Waals surface area contributed by atoms with Gasteiger partial charge in [-0.1, -0.05) is 31.4 Å². The maximum absolute atomic E-state index is 13.1. The van der Waals surface area contributed by atoms with Crippen molar-refractivity contribution in [3.63, 3.8) is 0 Å². The zero-order chi connectivity index (χ0) is 24.2. The number of hydrogen-bond donors (Lipinski definition) is 0. The van der Waals surface area contributed by atoms with Crippen LogP contribution in [0.25, 0.3) is 0 Å². The molecule has 1 aromatic heterocycles. The van der Waals surface area contributed by atoms with Crippen LogP contribution in [0.3, 0.4) is 0 Å². The molecule has 1 aliphatic heterocycles. The van der Waals surface area contributed by atoms with Crippen LogP contribution in [0.5, 0.6) is 0 Å². The fourth-order valence-corrected chi connectivity index (χ4v) is 6.21. The highest BCUT2D eigenvalue weighted by Crippen LogP contribution is 2.28. The zero-order valence-electron chi connectivity index (χ0n) is 19.4. The number of carbonyl (C=O) groups excluding carboxylic acids is 2. The Hall–Kier alpha value is -2.16. The minimum atomic E-state index is -3.84. The van der Waals surface area contributed by atoms with Gasteiger partial charge in [0.05, 0.1) is 10.6 Å². The lowest BCUT2D eigenvalue weighted by Crippen LogP contribution is -2.32. The van der Waals surface area contributed by atoms with E-state index in [1.807, 2.05) is 13.8 Å². The van der Waals surface area contributed by atoms with Crippen molar-refractivity contribution in [3.05, 3.63) is 51.8 Å². The third kappa shape index (κ3) is 5.67. The summed E-state index contributed by atoms with van der Waals surface area (Å²) >= 11 is 6.20. The van der Waals surface area contributed by atoms with E-state index in [2.05, 4.69) is 11.5 Å². The number of hydrogen-bond acceptors (Lipinski definition) is 5. The number of ether oxygens (including phenoxy) is 1. The first-order valence-electron chi connectivity index (χ1n) is 11.3. The predicted octanol–water partition coefficient (Wildman–Crippen LogP) is 4.77. The van der Waals surface area contributed by atoms with Gasteiger partial charge in [0.1, 0.15) is 4.90 Å². The zero-order valence-corrected chi connectivity index (χ0v) is 21.0. The minimum Gasteiger partial charge on any atom is -0.454 e. The standard InChI is InChI=1S/C24H31ClN2O5S/c1-4-11-27-17(2)14-20(18(27)3)22(28)16-32-24(29)19-9-10-21(25)23(15-19)33(30,31)26-12-7-5-6-8-13-26/h9-10,14-15H,4-8,11-13,16H2,1-3H3. The molecule has 0 saturated carbocycles. The van der Waals surface area contributed by atoms with Gasteiger partial charge in [0.25, 0.3) is 0 Å². The molecule has 1 aromatic carbocycles. The average Bonchev–Trinajstić information content (AvgIpc) is 2.96. The molecule has 0 unspecified atom stereocenters. The number of esters is 1. The van der Waals surface area contributed by atoms with Crippen molar-refractivity contribution in [2.75, 3.05) is 19.7 Å². The lowest BCUT2D eigenvalue weighted by molar-refractivity contribution is 0.0474. The van der Waals surface area contributed by atoms with E-state index in [4.69, 9.17) is 16.3 Å². The first kappa shape index (κ1) is 25.5. The van der Waals surface area contributed by atoms with Crippen LogP contribution in [0.4, 0.5) is 0 Å². The van der Waals surface area contributed by atoms with Crippen LogP contribution in [0, 0.1) is 13.8 Å². The third-order valence-corrected chi connectivity index (χ3v) is 8.39. The summed E-state index contributed by atoms with van der Waals surface area (Å²) in [5.74, 6) is -1.07. The molecule has 0 spiro atoms. The monoisotopic (exact) mass is 494 g/mol. The Kier molecular flexibility index (Phi) is 8.37. The Morgan fingerprint density at radius 2 is 1.73 bits per heavy atom. The summed E-state index contributed by atoms with van der Waals surface area (Å²) in [4.78, 5) is 25.2. The second-order valence-corrected chi connectivity index (χ2v) is 10.7. The SMILES string of the molecule is CCCn1c(C)cc(C(=O)COC(=O)c2ccc(Cl)c(S(=O)(=O)N3CCCCCC3)c2)c1C. The molecule has 7 nitrogen and oxygen atoms in total. The Bertz CT molecular complexity index is 1130. The highest BCUT2D eigenvalue weighted by Gasteiger charge is 2.28. The molecule has 180 valence electrons. The summed E-state index contributed by atoms with van der Waals surface area (Å²) in [6, 6.07) is 5.82. The Balaban J connectivity index is 1.75. The van der Waals surface area contributed by atoms with Crippen LogP contribution < -0.4 is 0 Å². The number of nitrogens with zero attached hydrogens (tertiary/aromatic N) is 2. The number of ketones is 1. The number of aryl methyl sites for hydroxylation is 1. The fourth-order valence-electron chi connectivity index (χ4n) is 4.19. The molecule has 0 aliphatic carbocycles. The predicted molar refractivity (Wildman–Crippen MR) is 127 cm³/mol. The molecule has 3 rings (SSSR count). The van der Waals surface area contributed by atoms with E-state index in [1.165, 1.54) is 22.5 Å². The Morgan fingerprint density at radius 1 is 1.06 bits per heavy atom. The summed E-state index contributed by atoms with van der Waals surface area (Å²) in [6.45, 7) is 7.12. The molecule has 0 radical (unpaired) electrons. The largest absolute Gasteiger partial charge is 0.454 e. The molecule has 1 aliphatic rings. The summed E-state index contributed by atoms with van der Waals surface area (Å²) in [5.41, 5.74) is 2.38. The lowest BCUT2D eigenvalue weighted by atomic mass is 10.1. The Morgan fingerprint density at radius 3 is 2.36 bits per heavy atom. The number of sulfonamides is 1. The van der Waals surface area contributed by atoms with Crippen molar-refractivity contribution in [3.8, 4) is 0 Å². The molecular weight excluding hydrogens is 464 g/mol. The number of carbonyl (C=O) groups is 2. The van der Waals surface area contributed by atoms with Crippen LogP contribution in [0.1, 0.15) is 71.1 Å². The van der Waals surface area contributed by atoms with Crippen LogP contribution in [-0.2, 0) is 21.3 Å². The van der Waals surface area contributed by atoms with Crippen molar-refractivity contribution in [2.45, 2.75) is 64.3 Å². The van der Waals surface area contributed by atoms with E-state index < -0.39 is 22.6 Å². The van der Waals surface area contributed by atoms with Gasteiger partial charge in [-0.3, -0.25) is 4.79 Å². The molecule has 0 N–H and O–H groups in total. The van der Waals surface area contributed by atoms with Crippen LogP contribution in [0.2, 0.25) is 5.02 Å². The summed E-state index contributed by atoms with van der Waals surface area (Å²) < 4.78 is 35.0. The number of benzene rings is 1. The van der Waals surface area contributed by atoms with Gasteiger partial charge in [0, 0.05) is 36.6 Å². The highest BCUT2D eigenvalue weighted by atomic mass is 35.5. The molecule has 0 amide bonds. The first-order chi connectivity index (χ1) is 15.7. The van der Waals surface area contributed by atoms with E-state index in [1.54, 1.807) is 6.07 Å². The van der Waals surface area contributed by atoms with Crippen molar-refractivity contribution >= 4 is 33.4 Å². The smallest absolute Gasteiger partial charge is 0.338 e. The van der Waals surface area contributed by atoms with Crippen molar-refractivity contribution in [1.29, 1.82) is 0 Å². The van der Waals surface area contributed by atoms with Gasteiger partial charge in [-0.15, -0.1) is 0 Å². The van der Waals surface area contributed by atoms with Crippen molar-refractivity contribution in [1.82, 2.24) is 8.87 Å². The Labute approximate surface area is 200 Å². The first-order valence-corrected chi connectivity index (χ1v) is 13.2. The van der Waals surface area contributed by atoms with E-state index in [-0.39, 0.29) is 21.3 Å². The topological polar surface area (TPSA) is 85.7 Å². The normalized spacial score (nSPS) is 15.3. The van der Waals surface area contributed by atoms with Gasteiger partial charge >= 0.3 is 5.97 Å². The molecular formula is C24H31ClN2O5S. The molecule has 0 bridgehead atoms. The molecule has 2 aromatic rings. The van der Waals surface area contributed by atoms with Gasteiger partial charge < -0.3 is 9.30 Å². The van der Waals surface area contributed by atoms with Gasteiger partial charge in [-0.25, -0.2) is 13.2 Å². The van der Waals surface area contributed by atoms with Crippen molar-refractivity contribution < 1.29 is 22.7 Å². The van der Waals surface area contributed by atoms with E-state index in [0.29, 0.717) is 18.7 Å². The molecule has 9 heteroatoms. The second-order valence-electron chi connectivity index (χ2n) is 8.40. The maximum atomic E-state index is 13.1. The quantitative estimate of drug-likeness (QED) is 0.389. The number of Topliss-reactive ketones (excluding diaryl/α,β-unsaturated/α-hetero) is 1. The number of aromatic nitrogens is 1. The number of rotatable bonds is 8. The van der Waals surface area contributed by atoms with Gasteiger partial charge in [-0.05, 0) is 57.4 Å². The second kappa shape index (κ2) is 10.8. The molecule has 1 fully saturated rings. The molecule has 0 atom stereocenters. The van der Waals surface area contributed by atoms with Gasteiger partial charge in [-0.2, -0.15) is 4.31 Å². The minimum absolute atomic E-state index is 0.0389.